The van der Waals surface area contributed by atoms with E-state index in [1.165, 1.54) is 6.26 Å². The zero-order valence-electron chi connectivity index (χ0n) is 7.20. The molecule has 1 aromatic rings. The van der Waals surface area contributed by atoms with Crippen molar-refractivity contribution in [3.63, 3.8) is 0 Å². The second-order valence-corrected chi connectivity index (χ2v) is 3.22. The molecular formula is C9H6F4S. The van der Waals surface area contributed by atoms with Crippen LogP contribution in [0.15, 0.2) is 11.5 Å². The zero-order valence-corrected chi connectivity index (χ0v) is 8.02. The van der Waals surface area contributed by atoms with Crippen LogP contribution in [0.2, 0.25) is 0 Å². The van der Waals surface area contributed by atoms with Gasteiger partial charge in [-0.15, -0.1) is 11.8 Å². The highest BCUT2D eigenvalue weighted by atomic mass is 32.2. The normalized spacial score (nSPS) is 10.4. The van der Waals surface area contributed by atoms with Crippen molar-refractivity contribution in [3.8, 4) is 0 Å². The zero-order chi connectivity index (χ0) is 10.9. The van der Waals surface area contributed by atoms with Gasteiger partial charge in [-0.2, -0.15) is 0 Å². The van der Waals surface area contributed by atoms with Crippen molar-refractivity contribution in [3.05, 3.63) is 35.4 Å². The molecule has 76 valence electrons. The van der Waals surface area contributed by atoms with Crippen molar-refractivity contribution in [1.29, 1.82) is 0 Å². The third kappa shape index (κ3) is 1.52. The van der Waals surface area contributed by atoms with Crippen molar-refractivity contribution in [2.75, 3.05) is 6.26 Å². The molecule has 0 aliphatic rings. The molecule has 0 nitrogen and oxygen atoms in total. The van der Waals surface area contributed by atoms with Crippen LogP contribution in [0.1, 0.15) is 5.56 Å². The van der Waals surface area contributed by atoms with Gasteiger partial charge in [0.15, 0.2) is 23.3 Å². The number of benzene rings is 1. The Morgan fingerprint density at radius 1 is 1.00 bits per heavy atom. The van der Waals surface area contributed by atoms with Crippen LogP contribution in [-0.2, 0) is 0 Å². The SMILES string of the molecule is C=Cc1c(F)c(F)c(SC)c(F)c1F. The van der Waals surface area contributed by atoms with Crippen LogP contribution >= 0.6 is 11.8 Å². The van der Waals surface area contributed by atoms with Gasteiger partial charge in [-0.3, -0.25) is 0 Å². The van der Waals surface area contributed by atoms with E-state index in [1.807, 2.05) is 0 Å². The summed E-state index contributed by atoms with van der Waals surface area (Å²) in [5.41, 5.74) is -0.780. The maximum Gasteiger partial charge on any atom is 0.176 e. The van der Waals surface area contributed by atoms with Crippen LogP contribution in [-0.4, -0.2) is 6.26 Å². The van der Waals surface area contributed by atoms with Gasteiger partial charge < -0.3 is 0 Å². The fourth-order valence-corrected chi connectivity index (χ4v) is 1.52. The molecule has 0 N–H and O–H groups in total. The molecule has 0 saturated carbocycles. The Morgan fingerprint density at radius 2 is 1.43 bits per heavy atom. The van der Waals surface area contributed by atoms with Gasteiger partial charge in [-0.1, -0.05) is 12.7 Å². The van der Waals surface area contributed by atoms with Gasteiger partial charge >= 0.3 is 0 Å². The fourth-order valence-electron chi connectivity index (χ4n) is 0.987. The molecule has 0 aliphatic carbocycles. The Morgan fingerprint density at radius 3 is 1.71 bits per heavy atom. The Balaban J connectivity index is 3.63. The molecule has 0 aromatic heterocycles. The summed E-state index contributed by atoms with van der Waals surface area (Å²) in [5, 5.41) is 0. The molecule has 0 spiro atoms. The molecule has 0 saturated heterocycles. The van der Waals surface area contributed by atoms with E-state index in [9.17, 15) is 17.6 Å². The number of rotatable bonds is 2. The molecule has 1 aromatic carbocycles. The maximum absolute atomic E-state index is 13.0. The summed E-state index contributed by atoms with van der Waals surface area (Å²) in [5.74, 6) is -5.59. The van der Waals surface area contributed by atoms with E-state index in [1.54, 1.807) is 0 Å². The molecule has 0 radical (unpaired) electrons. The molecule has 1 rings (SSSR count). The van der Waals surface area contributed by atoms with Crippen LogP contribution in [0.5, 0.6) is 0 Å². The summed E-state index contributed by atoms with van der Waals surface area (Å²) in [6.45, 7) is 3.07. The molecule has 0 amide bonds. The molecule has 0 heterocycles. The van der Waals surface area contributed by atoms with Gasteiger partial charge in [0.05, 0.1) is 10.5 Å². The van der Waals surface area contributed by atoms with E-state index in [-0.39, 0.29) is 0 Å². The first-order valence-electron chi connectivity index (χ1n) is 3.57. The minimum absolute atomic E-state index is 0.605. The summed E-state index contributed by atoms with van der Waals surface area (Å²) in [6.07, 6.45) is 2.06. The number of thioether (sulfide) groups is 1. The second-order valence-electron chi connectivity index (χ2n) is 2.41. The molecule has 0 unspecified atom stereocenters. The van der Waals surface area contributed by atoms with Crippen LogP contribution in [0.4, 0.5) is 17.6 Å². The highest BCUT2D eigenvalue weighted by Crippen LogP contribution is 2.30. The van der Waals surface area contributed by atoms with Gasteiger partial charge in [-0.05, 0) is 6.26 Å². The predicted molar refractivity (Wildman–Crippen MR) is 48.1 cm³/mol. The molecule has 0 fully saturated rings. The summed E-state index contributed by atoms with van der Waals surface area (Å²) in [7, 11) is 0. The third-order valence-electron chi connectivity index (χ3n) is 1.67. The third-order valence-corrected chi connectivity index (χ3v) is 2.43. The van der Waals surface area contributed by atoms with Crippen molar-refractivity contribution >= 4 is 17.8 Å². The van der Waals surface area contributed by atoms with E-state index in [4.69, 9.17) is 0 Å². The van der Waals surface area contributed by atoms with Gasteiger partial charge in [-0.25, -0.2) is 17.6 Å². The van der Waals surface area contributed by atoms with Crippen LogP contribution in [0.3, 0.4) is 0 Å². The molecular weight excluding hydrogens is 216 g/mol. The van der Waals surface area contributed by atoms with Gasteiger partial charge in [0.2, 0.25) is 0 Å². The lowest BCUT2D eigenvalue weighted by molar-refractivity contribution is 0.424. The lowest BCUT2D eigenvalue weighted by Gasteiger charge is -2.06. The van der Waals surface area contributed by atoms with Crippen molar-refractivity contribution in [2.24, 2.45) is 0 Å². The minimum Gasteiger partial charge on any atom is -0.203 e. The van der Waals surface area contributed by atoms with Gasteiger partial charge in [0.25, 0.3) is 0 Å². The second kappa shape index (κ2) is 4.04. The monoisotopic (exact) mass is 222 g/mol. The maximum atomic E-state index is 13.0. The van der Waals surface area contributed by atoms with Crippen molar-refractivity contribution < 1.29 is 17.6 Å². The molecule has 0 atom stereocenters. The first kappa shape index (κ1) is 11.1. The minimum atomic E-state index is -1.41. The summed E-state index contributed by atoms with van der Waals surface area (Å²) in [6, 6.07) is 0. The van der Waals surface area contributed by atoms with E-state index >= 15 is 0 Å². The Bertz CT molecular complexity index is 358. The van der Waals surface area contributed by atoms with E-state index < -0.39 is 33.7 Å². The predicted octanol–water partition coefficient (Wildman–Crippen LogP) is 3.61. The fraction of sp³-hybridized carbons (Fsp3) is 0.111. The lowest BCUT2D eigenvalue weighted by Crippen LogP contribution is -2.01. The molecule has 14 heavy (non-hydrogen) atoms. The number of hydrogen-bond acceptors (Lipinski definition) is 1. The topological polar surface area (TPSA) is 0 Å². The Hall–Kier alpha value is -0.970. The Kier molecular flexibility index (Phi) is 3.21. The average Bonchev–Trinajstić information content (AvgIpc) is 2.17. The quantitative estimate of drug-likeness (QED) is 0.418. The summed E-state index contributed by atoms with van der Waals surface area (Å²) >= 11 is 0.605. The Labute approximate surface area is 82.6 Å². The largest absolute Gasteiger partial charge is 0.203 e. The average molecular weight is 222 g/mol. The van der Waals surface area contributed by atoms with Crippen molar-refractivity contribution in [1.82, 2.24) is 0 Å². The summed E-state index contributed by atoms with van der Waals surface area (Å²) in [4.78, 5) is -0.661. The van der Waals surface area contributed by atoms with E-state index in [0.29, 0.717) is 11.8 Å². The number of halogens is 4. The van der Waals surface area contributed by atoms with E-state index in [2.05, 4.69) is 6.58 Å². The highest BCUT2D eigenvalue weighted by Gasteiger charge is 2.22. The van der Waals surface area contributed by atoms with Crippen molar-refractivity contribution in [2.45, 2.75) is 4.90 Å². The lowest BCUT2D eigenvalue weighted by atomic mass is 10.2. The van der Waals surface area contributed by atoms with Crippen LogP contribution in [0, 0.1) is 23.3 Å². The molecule has 0 aliphatic heterocycles. The highest BCUT2D eigenvalue weighted by molar-refractivity contribution is 7.98. The standard InChI is InChI=1S/C9H6F4S/c1-3-4-5(10)7(12)9(14-2)8(13)6(4)11/h3H,1H2,2H3. The smallest absolute Gasteiger partial charge is 0.176 e. The van der Waals surface area contributed by atoms with E-state index in [0.717, 1.165) is 6.08 Å². The first-order valence-corrected chi connectivity index (χ1v) is 4.79. The summed E-state index contributed by atoms with van der Waals surface area (Å²) < 4.78 is 52.1. The first-order chi connectivity index (χ1) is 6.54. The van der Waals surface area contributed by atoms with Gasteiger partial charge in [0, 0.05) is 0 Å². The number of hydrogen-bond donors (Lipinski definition) is 0. The van der Waals surface area contributed by atoms with Gasteiger partial charge in [0.1, 0.15) is 0 Å². The molecule has 0 bridgehead atoms. The molecule has 5 heteroatoms. The van der Waals surface area contributed by atoms with Crippen LogP contribution in [0.25, 0.3) is 6.08 Å². The van der Waals surface area contributed by atoms with Crippen LogP contribution < -0.4 is 0 Å².